The molecule has 2 aromatic heterocycles. The smallest absolute Gasteiger partial charge is 0.340 e. The molecule has 2 aromatic rings. The van der Waals surface area contributed by atoms with Gasteiger partial charge in [0, 0.05) is 16.8 Å². The molecular formula is C12H13NO3. The molecule has 0 aliphatic carbocycles. The molecule has 2 heterocycles. The first kappa shape index (κ1) is 10.7. The van der Waals surface area contributed by atoms with Crippen LogP contribution >= 0.6 is 0 Å². The second kappa shape index (κ2) is 3.33. The molecule has 0 aromatic carbocycles. The third-order valence-electron chi connectivity index (χ3n) is 3.10. The Kier molecular flexibility index (Phi) is 2.22. The number of aromatic nitrogens is 1. The predicted molar refractivity (Wildman–Crippen MR) is 62.1 cm³/mol. The first-order chi connectivity index (χ1) is 7.43. The number of aromatic amines is 1. The Hall–Kier alpha value is -1.84. The minimum absolute atomic E-state index is 0.0735. The average Bonchev–Trinajstić information content (AvgIpc) is 2.23. The van der Waals surface area contributed by atoms with E-state index >= 15 is 0 Å². The van der Waals surface area contributed by atoms with E-state index < -0.39 is 5.63 Å². The lowest BCUT2D eigenvalue weighted by atomic mass is 10.1. The van der Waals surface area contributed by atoms with Crippen molar-refractivity contribution in [2.24, 2.45) is 0 Å². The number of hydrogen-bond acceptors (Lipinski definition) is 3. The number of rotatable bonds is 0. The van der Waals surface area contributed by atoms with E-state index in [1.54, 1.807) is 27.7 Å². The second-order valence-electron chi connectivity index (χ2n) is 4.05. The molecule has 1 N–H and O–H groups in total. The molecule has 16 heavy (non-hydrogen) atoms. The highest BCUT2D eigenvalue weighted by Gasteiger charge is 2.13. The van der Waals surface area contributed by atoms with E-state index in [0.29, 0.717) is 22.1 Å². The van der Waals surface area contributed by atoms with Gasteiger partial charge in [-0.1, -0.05) is 0 Å². The quantitative estimate of drug-likeness (QED) is 0.733. The standard InChI is InChI=1S/C12H13NO3/c1-5-6(2)12(15)16-11-9(5)10(14)7(3)8(4)13-11/h1-4H3,(H,13,14). The number of H-pyrrole nitrogens is 1. The summed E-state index contributed by atoms with van der Waals surface area (Å²) in [5.41, 5.74) is 2.35. The van der Waals surface area contributed by atoms with Crippen molar-refractivity contribution in [1.82, 2.24) is 4.98 Å². The fourth-order valence-electron chi connectivity index (χ4n) is 1.71. The van der Waals surface area contributed by atoms with Crippen LogP contribution in [0.25, 0.3) is 11.1 Å². The van der Waals surface area contributed by atoms with Crippen LogP contribution in [0.4, 0.5) is 0 Å². The molecule has 0 unspecified atom stereocenters. The maximum absolute atomic E-state index is 12.1. The molecule has 0 amide bonds. The van der Waals surface area contributed by atoms with E-state index in [-0.39, 0.29) is 11.1 Å². The fourth-order valence-corrected chi connectivity index (χ4v) is 1.71. The van der Waals surface area contributed by atoms with Crippen LogP contribution < -0.4 is 11.1 Å². The van der Waals surface area contributed by atoms with Gasteiger partial charge < -0.3 is 9.40 Å². The van der Waals surface area contributed by atoms with Gasteiger partial charge in [-0.05, 0) is 33.3 Å². The van der Waals surface area contributed by atoms with Crippen molar-refractivity contribution < 1.29 is 4.42 Å². The van der Waals surface area contributed by atoms with Crippen molar-refractivity contribution in [1.29, 1.82) is 0 Å². The molecule has 0 spiro atoms. The van der Waals surface area contributed by atoms with E-state index in [2.05, 4.69) is 4.98 Å². The highest BCUT2D eigenvalue weighted by atomic mass is 16.4. The number of hydrogen-bond donors (Lipinski definition) is 1. The molecule has 0 saturated heterocycles. The average molecular weight is 219 g/mol. The molecule has 84 valence electrons. The summed E-state index contributed by atoms with van der Waals surface area (Å²) in [7, 11) is 0. The summed E-state index contributed by atoms with van der Waals surface area (Å²) >= 11 is 0. The summed E-state index contributed by atoms with van der Waals surface area (Å²) in [6.07, 6.45) is 0. The predicted octanol–water partition coefficient (Wildman–Crippen LogP) is 1.71. The zero-order valence-electron chi connectivity index (χ0n) is 9.72. The SMILES string of the molecule is Cc1[nH]c2oc(=O)c(C)c(C)c2c(=O)c1C. The Labute approximate surface area is 91.9 Å². The van der Waals surface area contributed by atoms with Crippen LogP contribution in [0.2, 0.25) is 0 Å². The van der Waals surface area contributed by atoms with Crippen LogP contribution in [0.15, 0.2) is 14.0 Å². The molecule has 0 aliphatic rings. The zero-order chi connectivity index (χ0) is 12.0. The Morgan fingerprint density at radius 3 is 2.19 bits per heavy atom. The van der Waals surface area contributed by atoms with E-state index in [1.807, 2.05) is 0 Å². The molecule has 0 bridgehead atoms. The van der Waals surface area contributed by atoms with Crippen molar-refractivity contribution in [3.8, 4) is 0 Å². The Morgan fingerprint density at radius 2 is 1.56 bits per heavy atom. The number of nitrogens with one attached hydrogen (secondary N) is 1. The lowest BCUT2D eigenvalue weighted by Crippen LogP contribution is -2.15. The second-order valence-corrected chi connectivity index (χ2v) is 4.05. The van der Waals surface area contributed by atoms with Gasteiger partial charge in [0.05, 0.1) is 5.39 Å². The highest BCUT2D eigenvalue weighted by Crippen LogP contribution is 2.15. The normalized spacial score (nSPS) is 11.0. The van der Waals surface area contributed by atoms with Gasteiger partial charge in [0.15, 0.2) is 5.43 Å². The maximum atomic E-state index is 12.1. The first-order valence-electron chi connectivity index (χ1n) is 5.07. The van der Waals surface area contributed by atoms with Gasteiger partial charge in [0.2, 0.25) is 5.71 Å². The van der Waals surface area contributed by atoms with Crippen molar-refractivity contribution >= 4 is 11.1 Å². The van der Waals surface area contributed by atoms with E-state index in [1.165, 1.54) is 0 Å². The lowest BCUT2D eigenvalue weighted by molar-refractivity contribution is 0.541. The van der Waals surface area contributed by atoms with Crippen molar-refractivity contribution in [3.63, 3.8) is 0 Å². The van der Waals surface area contributed by atoms with Crippen LogP contribution in [0.5, 0.6) is 0 Å². The highest BCUT2D eigenvalue weighted by molar-refractivity contribution is 5.78. The van der Waals surface area contributed by atoms with Crippen molar-refractivity contribution in [2.75, 3.05) is 0 Å². The minimum atomic E-state index is -0.399. The van der Waals surface area contributed by atoms with E-state index in [9.17, 15) is 9.59 Å². The maximum Gasteiger partial charge on any atom is 0.340 e. The van der Waals surface area contributed by atoms with Crippen LogP contribution in [-0.2, 0) is 0 Å². The fraction of sp³-hybridized carbons (Fsp3) is 0.333. The monoisotopic (exact) mass is 219 g/mol. The van der Waals surface area contributed by atoms with Crippen LogP contribution in [0.3, 0.4) is 0 Å². The van der Waals surface area contributed by atoms with Gasteiger partial charge in [-0.25, -0.2) is 4.79 Å². The number of aryl methyl sites for hydroxylation is 2. The summed E-state index contributed by atoms with van der Waals surface area (Å²) < 4.78 is 5.08. The van der Waals surface area contributed by atoms with Crippen molar-refractivity contribution in [3.05, 3.63) is 43.0 Å². The number of fused-ring (bicyclic) bond motifs is 1. The summed E-state index contributed by atoms with van der Waals surface area (Å²) in [6, 6.07) is 0. The van der Waals surface area contributed by atoms with Gasteiger partial charge in [0.25, 0.3) is 0 Å². The molecule has 0 saturated carbocycles. The van der Waals surface area contributed by atoms with Gasteiger partial charge in [-0.2, -0.15) is 0 Å². The van der Waals surface area contributed by atoms with Gasteiger partial charge in [0.1, 0.15) is 0 Å². The van der Waals surface area contributed by atoms with E-state index in [4.69, 9.17) is 4.42 Å². The largest absolute Gasteiger partial charge is 0.405 e. The minimum Gasteiger partial charge on any atom is -0.405 e. The third-order valence-corrected chi connectivity index (χ3v) is 3.10. The van der Waals surface area contributed by atoms with Gasteiger partial charge >= 0.3 is 5.63 Å². The van der Waals surface area contributed by atoms with Crippen LogP contribution in [0.1, 0.15) is 22.4 Å². The topological polar surface area (TPSA) is 63.1 Å². The lowest BCUT2D eigenvalue weighted by Gasteiger charge is -2.06. The molecule has 0 fully saturated rings. The van der Waals surface area contributed by atoms with Crippen molar-refractivity contribution in [2.45, 2.75) is 27.7 Å². The van der Waals surface area contributed by atoms with E-state index in [0.717, 1.165) is 5.69 Å². The molecule has 0 atom stereocenters. The summed E-state index contributed by atoms with van der Waals surface area (Å²) in [5, 5.41) is 0.472. The molecule has 0 radical (unpaired) electrons. The first-order valence-corrected chi connectivity index (χ1v) is 5.07. The summed E-state index contributed by atoms with van der Waals surface area (Å²) in [4.78, 5) is 26.5. The van der Waals surface area contributed by atoms with Gasteiger partial charge in [-0.3, -0.25) is 4.79 Å². The Morgan fingerprint density at radius 1 is 0.938 bits per heavy atom. The Bertz CT molecular complexity index is 692. The molecule has 0 aliphatic heterocycles. The number of pyridine rings is 1. The molecular weight excluding hydrogens is 206 g/mol. The summed E-state index contributed by atoms with van der Waals surface area (Å²) in [5.74, 6) is 0. The molecule has 4 nitrogen and oxygen atoms in total. The van der Waals surface area contributed by atoms with Crippen LogP contribution in [0, 0.1) is 27.7 Å². The third kappa shape index (κ3) is 1.30. The zero-order valence-corrected chi connectivity index (χ0v) is 9.72. The Balaban J connectivity index is 3.16. The summed E-state index contributed by atoms with van der Waals surface area (Å²) in [6.45, 7) is 6.96. The van der Waals surface area contributed by atoms with Gasteiger partial charge in [-0.15, -0.1) is 0 Å². The van der Waals surface area contributed by atoms with Crippen LogP contribution in [-0.4, -0.2) is 4.98 Å². The molecule has 4 heteroatoms. The molecule has 2 rings (SSSR count).